The third-order valence-corrected chi connectivity index (χ3v) is 6.92. The number of nitrogens with one attached hydrogen (secondary N) is 1. The lowest BCUT2D eigenvalue weighted by atomic mass is 9.96. The van der Waals surface area contributed by atoms with Gasteiger partial charge >= 0.3 is 0 Å². The molecule has 0 saturated carbocycles. The van der Waals surface area contributed by atoms with Crippen LogP contribution in [-0.4, -0.2) is 14.7 Å². The van der Waals surface area contributed by atoms with Gasteiger partial charge in [-0.1, -0.05) is 37.3 Å². The summed E-state index contributed by atoms with van der Waals surface area (Å²) in [7, 11) is 0. The van der Waals surface area contributed by atoms with Crippen LogP contribution in [0.5, 0.6) is 0 Å². The first-order valence-corrected chi connectivity index (χ1v) is 11.9. The minimum absolute atomic E-state index is 0.218. The van der Waals surface area contributed by atoms with Crippen LogP contribution in [0.2, 0.25) is 0 Å². The van der Waals surface area contributed by atoms with Crippen LogP contribution in [-0.2, 0) is 6.42 Å². The molecule has 2 atom stereocenters. The number of pyridine rings is 1. The zero-order valence-corrected chi connectivity index (χ0v) is 20.3. The van der Waals surface area contributed by atoms with E-state index in [1.807, 2.05) is 29.2 Å². The molecule has 0 radical (unpaired) electrons. The number of rotatable bonds is 5. The van der Waals surface area contributed by atoms with Crippen LogP contribution in [0, 0.1) is 19.7 Å². The maximum Gasteiger partial charge on any atom is 0.174 e. The highest BCUT2D eigenvalue weighted by atomic mass is 32.1. The monoisotopic (exact) mass is 470 g/mol. The highest BCUT2D eigenvalue weighted by molar-refractivity contribution is 7.80. The van der Waals surface area contributed by atoms with Crippen molar-refractivity contribution in [1.29, 1.82) is 0 Å². The van der Waals surface area contributed by atoms with Crippen LogP contribution in [0.1, 0.15) is 47.2 Å². The summed E-state index contributed by atoms with van der Waals surface area (Å²) in [6, 6.07) is 23.0. The first kappa shape index (κ1) is 22.3. The SMILES string of the molecule is CCc1ccc(-n2c(C)cc([C@@H]3[C@H](c4ccccn4)NC(=S)N3c3ccccc3F)c2C)cc1. The van der Waals surface area contributed by atoms with Crippen LogP contribution >= 0.6 is 12.2 Å². The van der Waals surface area contributed by atoms with Crippen molar-refractivity contribution >= 4 is 23.0 Å². The van der Waals surface area contributed by atoms with Gasteiger partial charge < -0.3 is 14.8 Å². The topological polar surface area (TPSA) is 33.1 Å². The van der Waals surface area contributed by atoms with Gasteiger partial charge in [0.25, 0.3) is 0 Å². The number of hydrogen-bond donors (Lipinski definition) is 1. The van der Waals surface area contributed by atoms with Gasteiger partial charge in [-0.25, -0.2) is 4.39 Å². The Morgan fingerprint density at radius 3 is 2.41 bits per heavy atom. The lowest BCUT2D eigenvalue weighted by molar-refractivity contribution is 0.556. The summed E-state index contributed by atoms with van der Waals surface area (Å²) < 4.78 is 17.3. The molecule has 6 heteroatoms. The Morgan fingerprint density at radius 1 is 1.00 bits per heavy atom. The summed E-state index contributed by atoms with van der Waals surface area (Å²) >= 11 is 5.75. The highest BCUT2D eigenvalue weighted by Crippen LogP contribution is 2.44. The Labute approximate surface area is 205 Å². The summed E-state index contributed by atoms with van der Waals surface area (Å²) in [6.07, 6.45) is 2.78. The molecular formula is C28H27FN4S. The Hall–Kier alpha value is -3.51. The number of nitrogens with zero attached hydrogens (tertiary/aromatic N) is 3. The molecule has 1 aliphatic heterocycles. The van der Waals surface area contributed by atoms with E-state index in [2.05, 4.69) is 66.0 Å². The van der Waals surface area contributed by atoms with Crippen LogP contribution in [0.4, 0.5) is 10.1 Å². The van der Waals surface area contributed by atoms with Crippen molar-refractivity contribution < 1.29 is 4.39 Å². The molecular weight excluding hydrogens is 443 g/mol. The predicted molar refractivity (Wildman–Crippen MR) is 139 cm³/mol. The fourth-order valence-corrected chi connectivity index (χ4v) is 5.28. The number of aryl methyl sites for hydroxylation is 2. The largest absolute Gasteiger partial charge is 0.351 e. The molecule has 1 saturated heterocycles. The molecule has 34 heavy (non-hydrogen) atoms. The summed E-state index contributed by atoms with van der Waals surface area (Å²) in [5, 5.41) is 3.91. The summed E-state index contributed by atoms with van der Waals surface area (Å²) in [6.45, 7) is 6.38. The van der Waals surface area contributed by atoms with E-state index in [0.717, 1.165) is 34.8 Å². The number of aromatic nitrogens is 2. The van der Waals surface area contributed by atoms with E-state index in [0.29, 0.717) is 10.8 Å². The molecule has 3 heterocycles. The van der Waals surface area contributed by atoms with Crippen molar-refractivity contribution in [3.8, 4) is 5.69 Å². The van der Waals surface area contributed by atoms with Gasteiger partial charge in [0, 0.05) is 23.3 Å². The van der Waals surface area contributed by atoms with E-state index < -0.39 is 0 Å². The maximum atomic E-state index is 15.0. The van der Waals surface area contributed by atoms with E-state index in [1.165, 1.54) is 11.6 Å². The average Bonchev–Trinajstić information content (AvgIpc) is 3.35. The molecule has 5 rings (SSSR count). The van der Waals surface area contributed by atoms with Gasteiger partial charge in [-0.3, -0.25) is 4.98 Å². The lowest BCUT2D eigenvalue weighted by Gasteiger charge is -2.28. The predicted octanol–water partition coefficient (Wildman–Crippen LogP) is 6.37. The first-order chi connectivity index (χ1) is 16.5. The van der Waals surface area contributed by atoms with Gasteiger partial charge in [-0.2, -0.15) is 0 Å². The minimum Gasteiger partial charge on any atom is -0.351 e. The van der Waals surface area contributed by atoms with Gasteiger partial charge in [-0.15, -0.1) is 0 Å². The number of thiocarbonyl (C=S) groups is 1. The molecule has 2 aromatic carbocycles. The molecule has 4 nitrogen and oxygen atoms in total. The van der Waals surface area contributed by atoms with Crippen LogP contribution in [0.3, 0.4) is 0 Å². The van der Waals surface area contributed by atoms with Crippen molar-refractivity contribution in [2.24, 2.45) is 0 Å². The fraction of sp³-hybridized carbons (Fsp3) is 0.214. The third-order valence-electron chi connectivity index (χ3n) is 6.60. The molecule has 1 N–H and O–H groups in total. The van der Waals surface area contributed by atoms with Gasteiger partial charge in [0.2, 0.25) is 0 Å². The van der Waals surface area contributed by atoms with E-state index >= 15 is 4.39 Å². The third kappa shape index (κ3) is 3.78. The Kier molecular flexibility index (Phi) is 5.92. The number of benzene rings is 2. The fourth-order valence-electron chi connectivity index (χ4n) is 4.94. The zero-order valence-electron chi connectivity index (χ0n) is 19.5. The van der Waals surface area contributed by atoms with Crippen molar-refractivity contribution in [1.82, 2.24) is 14.9 Å². The van der Waals surface area contributed by atoms with Gasteiger partial charge in [0.1, 0.15) is 5.82 Å². The maximum absolute atomic E-state index is 15.0. The van der Waals surface area contributed by atoms with Crippen molar-refractivity contribution in [3.63, 3.8) is 0 Å². The van der Waals surface area contributed by atoms with Gasteiger partial charge in [0.05, 0.1) is 23.5 Å². The second-order valence-electron chi connectivity index (χ2n) is 8.63. The smallest absolute Gasteiger partial charge is 0.174 e. The molecule has 0 bridgehead atoms. The van der Waals surface area contributed by atoms with E-state index in [1.54, 1.807) is 18.3 Å². The van der Waals surface area contributed by atoms with Crippen molar-refractivity contribution in [2.45, 2.75) is 39.3 Å². The zero-order chi connectivity index (χ0) is 23.8. The number of anilines is 1. The van der Waals surface area contributed by atoms with Crippen LogP contribution in [0.15, 0.2) is 79.0 Å². The average molecular weight is 471 g/mol. The normalized spacial score (nSPS) is 17.8. The summed E-state index contributed by atoms with van der Waals surface area (Å²) in [5.41, 5.74) is 7.04. The molecule has 0 aliphatic carbocycles. The van der Waals surface area contributed by atoms with E-state index in [-0.39, 0.29) is 17.9 Å². The van der Waals surface area contributed by atoms with Crippen LogP contribution < -0.4 is 10.2 Å². The second-order valence-corrected chi connectivity index (χ2v) is 9.02. The number of hydrogen-bond acceptors (Lipinski definition) is 2. The molecule has 1 aliphatic rings. The van der Waals surface area contributed by atoms with Crippen molar-refractivity contribution in [3.05, 3.63) is 113 Å². The van der Waals surface area contributed by atoms with E-state index in [9.17, 15) is 0 Å². The molecule has 172 valence electrons. The highest BCUT2D eigenvalue weighted by Gasteiger charge is 2.43. The Morgan fingerprint density at radius 2 is 1.74 bits per heavy atom. The standard InChI is InChI=1S/C28H27FN4S/c1-4-20-12-14-21(15-13-20)32-18(2)17-22(19(32)3)27-26(24-10-7-8-16-30-24)31-28(34)33(27)25-11-6-5-9-23(25)29/h5-17,26-27H,4H2,1-3H3,(H,31,34)/t26-,27+/m0/s1. The van der Waals surface area contributed by atoms with E-state index in [4.69, 9.17) is 12.2 Å². The lowest BCUT2D eigenvalue weighted by Crippen LogP contribution is -2.30. The Balaban J connectivity index is 1.67. The Bertz CT molecular complexity index is 1330. The van der Waals surface area contributed by atoms with Gasteiger partial charge in [-0.05, 0) is 86.1 Å². The summed E-state index contributed by atoms with van der Waals surface area (Å²) in [5.74, 6) is -0.303. The number of halogens is 1. The second kappa shape index (κ2) is 9.03. The first-order valence-electron chi connectivity index (χ1n) is 11.5. The molecule has 2 aromatic heterocycles. The molecule has 1 fully saturated rings. The molecule has 0 amide bonds. The van der Waals surface area contributed by atoms with Gasteiger partial charge in [0.15, 0.2) is 5.11 Å². The molecule has 0 spiro atoms. The minimum atomic E-state index is -0.303. The quantitative estimate of drug-likeness (QED) is 0.344. The summed E-state index contributed by atoms with van der Waals surface area (Å²) in [4.78, 5) is 6.51. The molecule has 4 aromatic rings. The van der Waals surface area contributed by atoms with Crippen molar-refractivity contribution in [2.75, 3.05) is 4.90 Å². The molecule has 0 unspecified atom stereocenters. The number of para-hydroxylation sites is 1. The van der Waals surface area contributed by atoms with Crippen LogP contribution in [0.25, 0.3) is 5.69 Å².